The number of carbonyl (C=O) groups is 1. The Balaban J connectivity index is 1.76. The number of aryl methyl sites for hydroxylation is 1. The van der Waals surface area contributed by atoms with E-state index in [0.717, 1.165) is 12.1 Å². The maximum atomic E-state index is 13.4. The van der Waals surface area contributed by atoms with Crippen LogP contribution in [0.3, 0.4) is 0 Å². The van der Waals surface area contributed by atoms with Gasteiger partial charge in [0.25, 0.3) is 5.91 Å². The summed E-state index contributed by atoms with van der Waals surface area (Å²) in [5.74, 6) is -2.39. The van der Waals surface area contributed by atoms with Crippen molar-refractivity contribution in [3.05, 3.63) is 63.7 Å². The van der Waals surface area contributed by atoms with Crippen LogP contribution in [0.2, 0.25) is 10.2 Å². The number of furan rings is 1. The van der Waals surface area contributed by atoms with E-state index < -0.39 is 23.6 Å². The molecular formula is C18H17Cl2F2N4O2+. The molecule has 0 radical (unpaired) electrons. The summed E-state index contributed by atoms with van der Waals surface area (Å²) < 4.78 is 33.3. The summed E-state index contributed by atoms with van der Waals surface area (Å²) in [6.07, 6.45) is 1.74. The SMILES string of the molecule is Cn1ncc(Cl)c1-c1cc(C(=O)NC(C[NH3+])Cc2ccc(F)c(F)c2)oc1Cl. The number of quaternary nitrogens is 1. The summed E-state index contributed by atoms with van der Waals surface area (Å²) in [7, 11) is 1.69. The molecular weight excluding hydrogens is 413 g/mol. The van der Waals surface area contributed by atoms with E-state index in [0.29, 0.717) is 28.4 Å². The average molecular weight is 430 g/mol. The van der Waals surface area contributed by atoms with Gasteiger partial charge in [0.2, 0.25) is 5.22 Å². The lowest BCUT2D eigenvalue weighted by atomic mass is 10.1. The van der Waals surface area contributed by atoms with Gasteiger partial charge in [-0.05, 0) is 35.7 Å². The molecule has 0 aliphatic carbocycles. The molecule has 0 fully saturated rings. The van der Waals surface area contributed by atoms with E-state index in [1.165, 1.54) is 23.0 Å². The van der Waals surface area contributed by atoms with Gasteiger partial charge in [0.05, 0.1) is 35.1 Å². The van der Waals surface area contributed by atoms with Crippen LogP contribution in [0.4, 0.5) is 8.78 Å². The van der Waals surface area contributed by atoms with E-state index in [-0.39, 0.29) is 17.4 Å². The quantitative estimate of drug-likeness (QED) is 0.631. The number of hydrogen-bond donors (Lipinski definition) is 2. The lowest BCUT2D eigenvalue weighted by Crippen LogP contribution is -2.60. The van der Waals surface area contributed by atoms with Crippen molar-refractivity contribution in [2.45, 2.75) is 12.5 Å². The Labute approximate surface area is 169 Å². The van der Waals surface area contributed by atoms with Crippen LogP contribution in [-0.2, 0) is 13.5 Å². The Morgan fingerprint density at radius 1 is 1.32 bits per heavy atom. The van der Waals surface area contributed by atoms with Gasteiger partial charge >= 0.3 is 0 Å². The van der Waals surface area contributed by atoms with Gasteiger partial charge in [0, 0.05) is 13.1 Å². The summed E-state index contributed by atoms with van der Waals surface area (Å²) >= 11 is 12.2. The third-order valence-corrected chi connectivity index (χ3v) is 4.77. The molecule has 3 rings (SSSR count). The predicted molar refractivity (Wildman–Crippen MR) is 100 cm³/mol. The Morgan fingerprint density at radius 3 is 2.68 bits per heavy atom. The van der Waals surface area contributed by atoms with Gasteiger partial charge in [-0.15, -0.1) is 0 Å². The molecule has 0 aliphatic rings. The summed E-state index contributed by atoms with van der Waals surface area (Å²) in [5, 5.41) is 7.15. The highest BCUT2D eigenvalue weighted by Crippen LogP contribution is 2.35. The second kappa shape index (κ2) is 8.30. The van der Waals surface area contributed by atoms with Gasteiger partial charge in [-0.2, -0.15) is 5.10 Å². The minimum absolute atomic E-state index is 0.00225. The molecule has 0 aliphatic heterocycles. The Bertz CT molecular complexity index is 1000. The van der Waals surface area contributed by atoms with Crippen LogP contribution in [0, 0.1) is 11.6 Å². The molecule has 2 heterocycles. The normalized spacial score (nSPS) is 12.2. The van der Waals surface area contributed by atoms with Crippen molar-refractivity contribution in [2.75, 3.05) is 6.54 Å². The number of nitrogens with one attached hydrogen (secondary N) is 1. The highest BCUT2D eigenvalue weighted by Gasteiger charge is 2.23. The molecule has 2 aromatic heterocycles. The van der Waals surface area contributed by atoms with Crippen molar-refractivity contribution in [1.29, 1.82) is 0 Å². The number of aromatic nitrogens is 2. The van der Waals surface area contributed by atoms with Crippen LogP contribution in [0.15, 0.2) is 34.9 Å². The van der Waals surface area contributed by atoms with Gasteiger partial charge in [0.1, 0.15) is 0 Å². The van der Waals surface area contributed by atoms with Crippen molar-refractivity contribution >= 4 is 29.1 Å². The Morgan fingerprint density at radius 2 is 2.07 bits per heavy atom. The third kappa shape index (κ3) is 4.19. The number of amides is 1. The third-order valence-electron chi connectivity index (χ3n) is 4.21. The summed E-state index contributed by atoms with van der Waals surface area (Å²) in [6, 6.07) is 4.65. The fraction of sp³-hybridized carbons (Fsp3) is 0.222. The lowest BCUT2D eigenvalue weighted by Gasteiger charge is -2.14. The molecule has 1 amide bonds. The molecule has 3 aromatic rings. The largest absolute Gasteiger partial charge is 0.439 e. The summed E-state index contributed by atoms with van der Waals surface area (Å²) in [6.45, 7) is 0.333. The molecule has 4 N–H and O–H groups in total. The maximum Gasteiger partial charge on any atom is 0.287 e. The van der Waals surface area contributed by atoms with Crippen molar-refractivity contribution in [2.24, 2.45) is 7.05 Å². The number of rotatable bonds is 6. The van der Waals surface area contributed by atoms with Gasteiger partial charge in [-0.1, -0.05) is 17.7 Å². The van der Waals surface area contributed by atoms with Gasteiger partial charge in [0.15, 0.2) is 17.4 Å². The number of halogens is 4. The molecule has 10 heteroatoms. The number of benzene rings is 1. The maximum absolute atomic E-state index is 13.4. The molecule has 1 unspecified atom stereocenters. The molecule has 0 saturated heterocycles. The van der Waals surface area contributed by atoms with Crippen LogP contribution < -0.4 is 11.1 Å². The van der Waals surface area contributed by atoms with Gasteiger partial charge < -0.3 is 15.5 Å². The van der Waals surface area contributed by atoms with Crippen molar-refractivity contribution < 1.29 is 23.7 Å². The number of nitrogens with zero attached hydrogens (tertiary/aromatic N) is 2. The first-order chi connectivity index (χ1) is 13.3. The van der Waals surface area contributed by atoms with Crippen molar-refractivity contribution in [3.8, 4) is 11.3 Å². The fourth-order valence-electron chi connectivity index (χ4n) is 2.79. The minimum atomic E-state index is -0.942. The molecule has 0 spiro atoms. The van der Waals surface area contributed by atoms with Crippen LogP contribution in [0.5, 0.6) is 0 Å². The van der Waals surface area contributed by atoms with E-state index in [1.54, 1.807) is 7.05 Å². The average Bonchev–Trinajstić information content (AvgIpc) is 3.19. The van der Waals surface area contributed by atoms with Gasteiger partial charge in [-0.3, -0.25) is 9.48 Å². The summed E-state index contributed by atoms with van der Waals surface area (Å²) in [5.41, 5.74) is 5.27. The standard InChI is InChI=1S/C18H16Cl2F2N4O2/c1-26-16(12(19)8-24-26)11-6-15(28-17(11)20)18(27)25-10(7-23)4-9-2-3-13(21)14(22)5-9/h2-3,5-6,8,10H,4,7,23H2,1H3,(H,25,27)/p+1. The minimum Gasteiger partial charge on any atom is -0.439 e. The van der Waals surface area contributed by atoms with Crippen molar-refractivity contribution in [3.63, 3.8) is 0 Å². The smallest absolute Gasteiger partial charge is 0.287 e. The van der Waals surface area contributed by atoms with Crippen LogP contribution in [0.25, 0.3) is 11.3 Å². The van der Waals surface area contributed by atoms with E-state index in [9.17, 15) is 13.6 Å². The second-order valence-electron chi connectivity index (χ2n) is 6.17. The number of hydrogen-bond acceptors (Lipinski definition) is 3. The zero-order valence-electron chi connectivity index (χ0n) is 14.8. The molecule has 6 nitrogen and oxygen atoms in total. The highest BCUT2D eigenvalue weighted by atomic mass is 35.5. The predicted octanol–water partition coefficient (Wildman–Crippen LogP) is 2.85. The highest BCUT2D eigenvalue weighted by molar-refractivity contribution is 6.35. The Hall–Kier alpha value is -2.42. The molecule has 1 atom stereocenters. The van der Waals surface area contributed by atoms with Crippen LogP contribution in [-0.4, -0.2) is 28.3 Å². The second-order valence-corrected chi connectivity index (χ2v) is 6.92. The molecule has 1 aromatic carbocycles. The van der Waals surface area contributed by atoms with Gasteiger partial charge in [-0.25, -0.2) is 8.78 Å². The monoisotopic (exact) mass is 429 g/mol. The zero-order valence-corrected chi connectivity index (χ0v) is 16.3. The topological polar surface area (TPSA) is 87.7 Å². The first-order valence-corrected chi connectivity index (χ1v) is 9.07. The zero-order chi connectivity index (χ0) is 20.4. The van der Waals surface area contributed by atoms with Crippen molar-refractivity contribution in [1.82, 2.24) is 15.1 Å². The van der Waals surface area contributed by atoms with E-state index in [4.69, 9.17) is 27.6 Å². The first-order valence-electron chi connectivity index (χ1n) is 8.31. The molecule has 28 heavy (non-hydrogen) atoms. The first kappa shape index (κ1) is 20.3. The molecule has 0 bridgehead atoms. The lowest BCUT2D eigenvalue weighted by molar-refractivity contribution is -0.372. The van der Waals surface area contributed by atoms with E-state index >= 15 is 0 Å². The number of carbonyl (C=O) groups excluding carboxylic acids is 1. The van der Waals surface area contributed by atoms with E-state index in [2.05, 4.69) is 16.1 Å². The van der Waals surface area contributed by atoms with Crippen LogP contribution >= 0.6 is 23.2 Å². The van der Waals surface area contributed by atoms with Crippen LogP contribution in [0.1, 0.15) is 16.1 Å². The Kier molecular flexibility index (Phi) is 6.02. The molecule has 148 valence electrons. The summed E-state index contributed by atoms with van der Waals surface area (Å²) in [4.78, 5) is 12.5. The molecule has 0 saturated carbocycles. The fourth-order valence-corrected chi connectivity index (χ4v) is 3.28. The van der Waals surface area contributed by atoms with E-state index in [1.807, 2.05) is 0 Å².